The summed E-state index contributed by atoms with van der Waals surface area (Å²) in [5, 5.41) is 6.87. The number of hydrogen-bond donors (Lipinski definition) is 3. The Morgan fingerprint density at radius 2 is 2.20 bits per heavy atom. The lowest BCUT2D eigenvalue weighted by Crippen LogP contribution is -2.42. The highest BCUT2D eigenvalue weighted by Gasteiger charge is 2.25. The number of guanidine groups is 1. The molecule has 0 aromatic carbocycles. The first-order valence-corrected chi connectivity index (χ1v) is 11.6. The minimum atomic E-state index is -0.220. The van der Waals surface area contributed by atoms with Gasteiger partial charge in [0.2, 0.25) is 5.91 Å². The number of carbonyl (C=O) groups is 1. The van der Waals surface area contributed by atoms with Gasteiger partial charge in [0.25, 0.3) is 0 Å². The summed E-state index contributed by atoms with van der Waals surface area (Å²) in [6, 6.07) is 4.02. The first-order chi connectivity index (χ1) is 14.6. The van der Waals surface area contributed by atoms with E-state index in [4.69, 9.17) is 10.7 Å². The number of nitrogens with two attached hydrogens (primary N) is 1. The van der Waals surface area contributed by atoms with E-state index >= 15 is 0 Å². The van der Waals surface area contributed by atoms with E-state index in [1.165, 1.54) is 25.7 Å². The number of amides is 1. The molecule has 2 rings (SSSR count). The van der Waals surface area contributed by atoms with Crippen molar-refractivity contribution >= 4 is 17.7 Å². The average Bonchev–Trinajstić information content (AvgIpc) is 2.77. The molecule has 1 saturated heterocycles. The van der Waals surface area contributed by atoms with E-state index in [0.29, 0.717) is 19.0 Å². The summed E-state index contributed by atoms with van der Waals surface area (Å²) >= 11 is 0. The Hall–Kier alpha value is -2.31. The number of anilines is 1. The number of aromatic nitrogens is 1. The fourth-order valence-corrected chi connectivity index (χ4v) is 3.93. The zero-order chi connectivity index (χ0) is 21.8. The van der Waals surface area contributed by atoms with Crippen LogP contribution in [0.15, 0.2) is 23.3 Å². The second kappa shape index (κ2) is 13.1. The van der Waals surface area contributed by atoms with Gasteiger partial charge < -0.3 is 21.3 Å². The van der Waals surface area contributed by atoms with Crippen LogP contribution in [0.2, 0.25) is 0 Å². The molecule has 1 aromatic heterocycles. The van der Waals surface area contributed by atoms with Crippen LogP contribution in [0.5, 0.6) is 0 Å². The first-order valence-electron chi connectivity index (χ1n) is 11.6. The molecule has 30 heavy (non-hydrogen) atoms. The van der Waals surface area contributed by atoms with E-state index < -0.39 is 0 Å². The summed E-state index contributed by atoms with van der Waals surface area (Å²) < 4.78 is 0. The maximum atomic E-state index is 11.7. The molecule has 2 atom stereocenters. The summed E-state index contributed by atoms with van der Waals surface area (Å²) in [6.45, 7) is 10.4. The van der Waals surface area contributed by atoms with Gasteiger partial charge in [-0.1, -0.05) is 39.2 Å². The second-order valence-corrected chi connectivity index (χ2v) is 8.17. The Morgan fingerprint density at radius 1 is 1.37 bits per heavy atom. The van der Waals surface area contributed by atoms with Crippen molar-refractivity contribution in [3.05, 3.63) is 23.9 Å². The van der Waals surface area contributed by atoms with Crippen LogP contribution in [0.1, 0.15) is 64.9 Å². The van der Waals surface area contributed by atoms with Crippen molar-refractivity contribution in [3.8, 4) is 0 Å². The molecule has 0 saturated carbocycles. The number of hydrogen-bond acceptors (Lipinski definition) is 4. The molecule has 1 aromatic rings. The molecular formula is C23H40N6O. The normalized spacial score (nSPS) is 18.2. The lowest BCUT2D eigenvalue weighted by atomic mass is 9.97. The van der Waals surface area contributed by atoms with E-state index in [1.807, 2.05) is 6.07 Å². The highest BCUT2D eigenvalue weighted by Crippen LogP contribution is 2.25. The minimum absolute atomic E-state index is 0.106. The molecule has 2 heterocycles. The number of nitrogens with one attached hydrogen (secondary N) is 2. The molecule has 7 heteroatoms. The maximum absolute atomic E-state index is 11.7. The number of pyridine rings is 1. The molecule has 0 aliphatic carbocycles. The van der Waals surface area contributed by atoms with Gasteiger partial charge in [0, 0.05) is 37.9 Å². The third-order valence-electron chi connectivity index (χ3n) is 5.84. The van der Waals surface area contributed by atoms with Crippen molar-refractivity contribution < 1.29 is 4.79 Å². The van der Waals surface area contributed by atoms with E-state index in [1.54, 1.807) is 6.20 Å². The van der Waals surface area contributed by atoms with Crippen molar-refractivity contribution in [2.75, 3.05) is 31.1 Å². The number of piperidine rings is 1. The SMILES string of the molecule is CCCCC(CC)CNC(=NCc1cccnc1N1CCCC(C(N)=O)C1)NCC. The highest BCUT2D eigenvalue weighted by molar-refractivity contribution is 5.80. The largest absolute Gasteiger partial charge is 0.369 e. The van der Waals surface area contributed by atoms with Crippen LogP contribution in [0, 0.1) is 11.8 Å². The summed E-state index contributed by atoms with van der Waals surface area (Å²) in [4.78, 5) is 23.3. The molecule has 7 nitrogen and oxygen atoms in total. The summed E-state index contributed by atoms with van der Waals surface area (Å²) in [5.41, 5.74) is 6.62. The van der Waals surface area contributed by atoms with Gasteiger partial charge in [-0.25, -0.2) is 9.98 Å². The molecule has 1 aliphatic rings. The van der Waals surface area contributed by atoms with Crippen molar-refractivity contribution in [3.63, 3.8) is 0 Å². The molecule has 2 unspecified atom stereocenters. The van der Waals surface area contributed by atoms with Gasteiger partial charge in [0.15, 0.2) is 5.96 Å². The van der Waals surface area contributed by atoms with E-state index in [-0.39, 0.29) is 11.8 Å². The quantitative estimate of drug-likeness (QED) is 0.381. The molecule has 0 spiro atoms. The first kappa shape index (κ1) is 24.0. The van der Waals surface area contributed by atoms with Crippen LogP contribution in [0.4, 0.5) is 5.82 Å². The van der Waals surface area contributed by atoms with Gasteiger partial charge in [-0.3, -0.25) is 4.79 Å². The fraction of sp³-hybridized carbons (Fsp3) is 0.696. The van der Waals surface area contributed by atoms with Crippen LogP contribution in [0.3, 0.4) is 0 Å². The molecule has 1 fully saturated rings. The van der Waals surface area contributed by atoms with Crippen LogP contribution in [-0.2, 0) is 11.3 Å². The molecule has 4 N–H and O–H groups in total. The molecule has 1 amide bonds. The zero-order valence-electron chi connectivity index (χ0n) is 19.0. The molecule has 0 radical (unpaired) electrons. The van der Waals surface area contributed by atoms with Crippen molar-refractivity contribution in [1.82, 2.24) is 15.6 Å². The maximum Gasteiger partial charge on any atom is 0.222 e. The van der Waals surface area contributed by atoms with Crippen LogP contribution in [-0.4, -0.2) is 43.0 Å². The summed E-state index contributed by atoms with van der Waals surface area (Å²) in [5.74, 6) is 2.10. The lowest BCUT2D eigenvalue weighted by molar-refractivity contribution is -0.122. The van der Waals surface area contributed by atoms with Crippen molar-refractivity contribution in [2.24, 2.45) is 22.6 Å². The molecule has 0 bridgehead atoms. The van der Waals surface area contributed by atoms with E-state index in [0.717, 1.165) is 49.8 Å². The Morgan fingerprint density at radius 3 is 2.90 bits per heavy atom. The van der Waals surface area contributed by atoms with E-state index in [2.05, 4.69) is 47.4 Å². The third kappa shape index (κ3) is 7.50. The highest BCUT2D eigenvalue weighted by atomic mass is 16.1. The van der Waals surface area contributed by atoms with Crippen molar-refractivity contribution in [1.29, 1.82) is 0 Å². The molecule has 168 valence electrons. The van der Waals surface area contributed by atoms with Crippen LogP contribution in [0.25, 0.3) is 0 Å². The van der Waals surface area contributed by atoms with Gasteiger partial charge in [-0.05, 0) is 38.2 Å². The average molecular weight is 417 g/mol. The van der Waals surface area contributed by atoms with Gasteiger partial charge in [-0.2, -0.15) is 0 Å². The predicted molar refractivity (Wildman–Crippen MR) is 124 cm³/mol. The monoisotopic (exact) mass is 416 g/mol. The van der Waals surface area contributed by atoms with Crippen LogP contribution < -0.4 is 21.3 Å². The second-order valence-electron chi connectivity index (χ2n) is 8.17. The Labute approximate surface area is 181 Å². The lowest BCUT2D eigenvalue weighted by Gasteiger charge is -2.33. The Balaban J connectivity index is 2.05. The summed E-state index contributed by atoms with van der Waals surface area (Å²) in [6.07, 6.45) is 8.55. The van der Waals surface area contributed by atoms with Crippen molar-refractivity contribution in [2.45, 2.75) is 65.8 Å². The molecular weight excluding hydrogens is 376 g/mol. The number of aliphatic imine (C=N–C) groups is 1. The number of nitrogens with zero attached hydrogens (tertiary/aromatic N) is 3. The minimum Gasteiger partial charge on any atom is -0.369 e. The smallest absolute Gasteiger partial charge is 0.222 e. The molecule has 1 aliphatic heterocycles. The topological polar surface area (TPSA) is 95.6 Å². The number of carbonyl (C=O) groups excluding carboxylic acids is 1. The number of unbranched alkanes of at least 4 members (excludes halogenated alkanes) is 1. The summed E-state index contributed by atoms with van der Waals surface area (Å²) in [7, 11) is 0. The van der Waals surface area contributed by atoms with Gasteiger partial charge in [0.1, 0.15) is 5.82 Å². The van der Waals surface area contributed by atoms with Gasteiger partial charge in [-0.15, -0.1) is 0 Å². The van der Waals surface area contributed by atoms with Gasteiger partial charge >= 0.3 is 0 Å². The van der Waals surface area contributed by atoms with Crippen LogP contribution >= 0.6 is 0 Å². The number of primary amides is 1. The Bertz CT molecular complexity index is 677. The Kier molecular flexibility index (Phi) is 10.5. The fourth-order valence-electron chi connectivity index (χ4n) is 3.93. The third-order valence-corrected chi connectivity index (χ3v) is 5.84. The zero-order valence-corrected chi connectivity index (χ0v) is 19.0. The standard InChI is InChI=1S/C23H40N6O/c1-4-7-10-18(5-2)15-27-23(25-6-3)28-16-19-11-8-13-26-22(19)29-14-9-12-20(17-29)21(24)30/h8,11,13,18,20H,4-7,9-10,12,14-17H2,1-3H3,(H2,24,30)(H2,25,27,28). The van der Waals surface area contributed by atoms with Gasteiger partial charge in [0.05, 0.1) is 12.5 Å². The van der Waals surface area contributed by atoms with E-state index in [9.17, 15) is 4.79 Å². The predicted octanol–water partition coefficient (Wildman–Crippen LogP) is 3.05. The number of rotatable bonds is 11.